The Bertz CT molecular complexity index is 1870. The van der Waals surface area contributed by atoms with Crippen molar-refractivity contribution < 1.29 is 17.4 Å². The molecule has 0 fully saturated rings. The van der Waals surface area contributed by atoms with Gasteiger partial charge in [-0.25, -0.2) is 9.37 Å². The molecule has 1 aliphatic heterocycles. The molecule has 0 spiro atoms. The van der Waals surface area contributed by atoms with E-state index in [1.807, 2.05) is 23.8 Å². The minimum absolute atomic E-state index is 0.174. The van der Waals surface area contributed by atoms with Gasteiger partial charge in [0.05, 0.1) is 5.69 Å². The topological polar surface area (TPSA) is 89.4 Å². The average Bonchev–Trinajstić information content (AvgIpc) is 3.26. The Hall–Kier alpha value is -4.24. The van der Waals surface area contributed by atoms with Crippen LogP contribution < -0.4 is 11.3 Å². The van der Waals surface area contributed by atoms with Gasteiger partial charge in [0.25, 0.3) is 11.5 Å². The number of nitrogens with zero attached hydrogens (tertiary/aromatic N) is 5. The van der Waals surface area contributed by atoms with Gasteiger partial charge in [0.2, 0.25) is 0 Å². The van der Waals surface area contributed by atoms with Crippen LogP contribution in [0.2, 0.25) is 0 Å². The number of anilines is 1. The third kappa shape index (κ3) is 4.74. The third-order valence-electron chi connectivity index (χ3n) is 7.38. The Balaban J connectivity index is 1.38. The predicted octanol–water partition coefficient (Wildman–Crippen LogP) is 4.05. The summed E-state index contributed by atoms with van der Waals surface area (Å²) in [5.41, 5.74) is 10.1. The van der Waals surface area contributed by atoms with Crippen molar-refractivity contribution in [2.24, 2.45) is 7.05 Å². The summed E-state index contributed by atoms with van der Waals surface area (Å²) in [6.07, 6.45) is 5.74. The Morgan fingerprint density at radius 2 is 2.03 bits per heavy atom. The first-order valence-corrected chi connectivity index (χ1v) is 12.5. The standard InChI is InChI=1S/C30H33FN6O2/c1-18-14-21(30(39)34(3)4)15-24(31)27(18)20-7-11-36(12-8-20)17-22-16-23-26(6-10-33-28(23)35(22)5)37-13-9-25(32)19(2)29(37)38/h6-7,9-10,13-16H,8,11-12,17,32H2,1-5H3/i3D3,4D3. The lowest BCUT2D eigenvalue weighted by Gasteiger charge is -2.27. The zero-order valence-corrected chi connectivity index (χ0v) is 22.0. The van der Waals surface area contributed by atoms with E-state index in [1.165, 1.54) is 6.07 Å². The fraction of sp³-hybridized carbons (Fsp3) is 0.300. The molecule has 0 saturated heterocycles. The molecular weight excluding hydrogens is 495 g/mol. The van der Waals surface area contributed by atoms with E-state index in [1.54, 1.807) is 42.9 Å². The summed E-state index contributed by atoms with van der Waals surface area (Å²) >= 11 is 0. The van der Waals surface area contributed by atoms with Crippen molar-refractivity contribution in [2.75, 3.05) is 32.8 Å². The molecule has 8 nitrogen and oxygen atoms in total. The fourth-order valence-corrected chi connectivity index (χ4v) is 5.18. The number of aryl methyl sites for hydroxylation is 2. The Labute approximate surface area is 235 Å². The maximum atomic E-state index is 15.4. The second-order valence-corrected chi connectivity index (χ2v) is 9.84. The van der Waals surface area contributed by atoms with Crippen LogP contribution in [-0.2, 0) is 13.6 Å². The van der Waals surface area contributed by atoms with Gasteiger partial charge in [0.1, 0.15) is 11.5 Å². The molecule has 1 amide bonds. The summed E-state index contributed by atoms with van der Waals surface area (Å²) in [6.45, 7) is -1.47. The van der Waals surface area contributed by atoms with E-state index in [0.29, 0.717) is 54.1 Å². The molecule has 0 bridgehead atoms. The van der Waals surface area contributed by atoms with Crippen LogP contribution in [0.25, 0.3) is 22.3 Å². The van der Waals surface area contributed by atoms with Crippen LogP contribution in [0.1, 0.15) is 47.4 Å². The second kappa shape index (κ2) is 10.1. The molecule has 0 aliphatic carbocycles. The fourth-order valence-electron chi connectivity index (χ4n) is 5.18. The summed E-state index contributed by atoms with van der Waals surface area (Å²) in [6, 6.07) is 7.72. The molecule has 5 rings (SSSR count). The molecule has 1 aromatic carbocycles. The van der Waals surface area contributed by atoms with Gasteiger partial charge < -0.3 is 15.2 Å². The second-order valence-electron chi connectivity index (χ2n) is 9.84. The number of fused-ring (bicyclic) bond motifs is 1. The third-order valence-corrected chi connectivity index (χ3v) is 7.38. The van der Waals surface area contributed by atoms with Gasteiger partial charge in [-0.15, -0.1) is 0 Å². The minimum Gasteiger partial charge on any atom is -0.398 e. The first kappa shape index (κ1) is 19.8. The van der Waals surface area contributed by atoms with E-state index in [4.69, 9.17) is 14.0 Å². The van der Waals surface area contributed by atoms with Gasteiger partial charge in [0, 0.05) is 94.7 Å². The number of hydrogen-bond acceptors (Lipinski definition) is 5. The molecule has 0 unspecified atom stereocenters. The summed E-state index contributed by atoms with van der Waals surface area (Å²) in [4.78, 5) is 32.4. The number of hydrogen-bond donors (Lipinski definition) is 1. The van der Waals surface area contributed by atoms with Crippen LogP contribution in [0.15, 0.2) is 53.6 Å². The van der Waals surface area contributed by atoms with Gasteiger partial charge in [-0.2, -0.15) is 0 Å². The molecule has 2 N–H and O–H groups in total. The first-order valence-electron chi connectivity index (χ1n) is 15.5. The highest BCUT2D eigenvalue weighted by Crippen LogP contribution is 2.30. The van der Waals surface area contributed by atoms with Crippen molar-refractivity contribution >= 4 is 28.2 Å². The number of rotatable bonds is 5. The van der Waals surface area contributed by atoms with Crippen LogP contribution in [0.5, 0.6) is 0 Å². The maximum Gasteiger partial charge on any atom is 0.260 e. The molecule has 39 heavy (non-hydrogen) atoms. The highest BCUT2D eigenvalue weighted by atomic mass is 19.1. The molecule has 1 aliphatic rings. The van der Waals surface area contributed by atoms with Crippen LogP contribution >= 0.6 is 0 Å². The van der Waals surface area contributed by atoms with E-state index < -0.39 is 25.7 Å². The highest BCUT2D eigenvalue weighted by molar-refractivity contribution is 5.94. The van der Waals surface area contributed by atoms with Crippen LogP contribution in [0.3, 0.4) is 0 Å². The number of amides is 1. The molecule has 4 heterocycles. The average molecular weight is 535 g/mol. The molecule has 3 aromatic heterocycles. The van der Waals surface area contributed by atoms with Crippen molar-refractivity contribution in [3.63, 3.8) is 0 Å². The summed E-state index contributed by atoms with van der Waals surface area (Å²) in [7, 11) is 1.91. The number of benzene rings is 1. The van der Waals surface area contributed by atoms with Crippen molar-refractivity contribution in [1.82, 2.24) is 23.9 Å². The van der Waals surface area contributed by atoms with Gasteiger partial charge in [-0.3, -0.25) is 19.1 Å². The zero-order chi connectivity index (χ0) is 33.0. The van der Waals surface area contributed by atoms with Crippen molar-refractivity contribution in [3.8, 4) is 5.69 Å². The summed E-state index contributed by atoms with van der Waals surface area (Å²) in [5, 5.41) is 0.817. The lowest BCUT2D eigenvalue weighted by Crippen LogP contribution is -2.29. The van der Waals surface area contributed by atoms with Crippen LogP contribution in [0, 0.1) is 19.7 Å². The number of aromatic nitrogens is 3. The van der Waals surface area contributed by atoms with E-state index in [-0.39, 0.29) is 16.0 Å². The van der Waals surface area contributed by atoms with Crippen LogP contribution in [-0.4, -0.2) is 56.9 Å². The predicted molar refractivity (Wildman–Crippen MR) is 152 cm³/mol. The van der Waals surface area contributed by atoms with Gasteiger partial charge in [0.15, 0.2) is 0 Å². The van der Waals surface area contributed by atoms with E-state index in [0.717, 1.165) is 28.4 Å². The Kier molecular flexibility index (Phi) is 5.14. The number of halogens is 1. The quantitative estimate of drug-likeness (QED) is 0.417. The summed E-state index contributed by atoms with van der Waals surface area (Å²) in [5.74, 6) is -2.02. The summed E-state index contributed by atoms with van der Waals surface area (Å²) < 4.78 is 64.0. The van der Waals surface area contributed by atoms with Gasteiger partial charge in [-0.1, -0.05) is 6.08 Å². The number of nitrogens with two attached hydrogens (primary N) is 1. The SMILES string of the molecule is [2H]C([2H])([2H])N(C(=O)c1cc(C)c(C2=CCN(Cc3cc4c(-n5ccc(N)c(C)c5=O)ccnc4n3C)CC2)c(F)c1)C([2H])([2H])[2H]. The van der Waals surface area contributed by atoms with Crippen molar-refractivity contribution in [2.45, 2.75) is 26.8 Å². The maximum absolute atomic E-state index is 15.4. The van der Waals surface area contributed by atoms with Crippen molar-refractivity contribution in [3.05, 3.63) is 92.9 Å². The van der Waals surface area contributed by atoms with Gasteiger partial charge in [-0.05, 0) is 61.7 Å². The van der Waals surface area contributed by atoms with Crippen molar-refractivity contribution in [1.29, 1.82) is 0 Å². The molecule has 0 saturated carbocycles. The number of nitrogen functional groups attached to an aromatic ring is 1. The van der Waals surface area contributed by atoms with Gasteiger partial charge >= 0.3 is 0 Å². The normalized spacial score (nSPS) is 17.0. The number of pyridine rings is 2. The number of carbonyl (C=O) groups excluding carboxylic acids is 1. The zero-order valence-electron chi connectivity index (χ0n) is 28.0. The lowest BCUT2D eigenvalue weighted by molar-refractivity contribution is 0.0827. The highest BCUT2D eigenvalue weighted by Gasteiger charge is 2.21. The molecule has 202 valence electrons. The van der Waals surface area contributed by atoms with E-state index >= 15 is 4.39 Å². The molecule has 0 radical (unpaired) electrons. The number of carbonyl (C=O) groups is 1. The lowest BCUT2D eigenvalue weighted by atomic mass is 9.93. The van der Waals surface area contributed by atoms with Crippen LogP contribution in [0.4, 0.5) is 10.1 Å². The molecule has 4 aromatic rings. The first-order chi connectivity index (χ1) is 21.0. The molecule has 0 atom stereocenters. The Morgan fingerprint density at radius 3 is 2.72 bits per heavy atom. The molecule has 9 heteroatoms. The monoisotopic (exact) mass is 534 g/mol. The largest absolute Gasteiger partial charge is 0.398 e. The minimum atomic E-state index is -3.23. The molecular formula is C30H33FN6O2. The van der Waals surface area contributed by atoms with E-state index in [2.05, 4.69) is 9.88 Å². The van der Waals surface area contributed by atoms with E-state index in [9.17, 15) is 9.59 Å². The Morgan fingerprint density at radius 1 is 1.23 bits per heavy atom. The smallest absolute Gasteiger partial charge is 0.260 e.